The van der Waals surface area contributed by atoms with Crippen molar-refractivity contribution in [3.63, 3.8) is 0 Å². The highest BCUT2D eigenvalue weighted by atomic mass is 16.2. The number of benzene rings is 2. The van der Waals surface area contributed by atoms with Crippen LogP contribution in [-0.4, -0.2) is 21.4 Å². The summed E-state index contributed by atoms with van der Waals surface area (Å²) >= 11 is 0. The quantitative estimate of drug-likeness (QED) is 0.532. The first-order valence-corrected chi connectivity index (χ1v) is 10.3. The normalized spacial score (nSPS) is 14.6. The molecule has 28 heavy (non-hydrogen) atoms. The Bertz CT molecular complexity index is 897. The van der Waals surface area contributed by atoms with E-state index in [0.717, 1.165) is 31.4 Å². The van der Waals surface area contributed by atoms with Crippen molar-refractivity contribution in [2.24, 2.45) is 0 Å². The molecule has 4 rings (SSSR count). The van der Waals surface area contributed by atoms with Crippen molar-refractivity contribution >= 4 is 5.91 Å². The molecule has 1 unspecified atom stereocenters. The van der Waals surface area contributed by atoms with Gasteiger partial charge in [0.15, 0.2) is 0 Å². The van der Waals surface area contributed by atoms with Gasteiger partial charge in [0.1, 0.15) is 0 Å². The van der Waals surface area contributed by atoms with Crippen LogP contribution in [0.2, 0.25) is 0 Å². The fraction of sp³-hybridized carbons (Fsp3) is 0.320. The van der Waals surface area contributed by atoms with E-state index < -0.39 is 0 Å². The summed E-state index contributed by atoms with van der Waals surface area (Å²) in [5, 5.41) is 0. The lowest BCUT2D eigenvalue weighted by atomic mass is 9.95. The number of carbonyl (C=O) groups excluding carboxylic acids is 1. The van der Waals surface area contributed by atoms with E-state index in [2.05, 4.69) is 71.1 Å². The average Bonchev–Trinajstić information content (AvgIpc) is 3.49. The minimum Gasteiger partial charge on any atom is -0.345 e. The van der Waals surface area contributed by atoms with Gasteiger partial charge in [0.2, 0.25) is 5.91 Å². The molecule has 1 amide bonds. The van der Waals surface area contributed by atoms with Crippen LogP contribution < -0.4 is 0 Å². The maximum atomic E-state index is 13.5. The topological polar surface area (TPSA) is 25.2 Å². The predicted molar refractivity (Wildman–Crippen MR) is 113 cm³/mol. The molecule has 1 atom stereocenters. The summed E-state index contributed by atoms with van der Waals surface area (Å²) in [6.07, 6.45) is 5.19. The molecule has 0 bridgehead atoms. The lowest BCUT2D eigenvalue weighted by Gasteiger charge is -2.28. The number of carbonyl (C=O) groups is 1. The van der Waals surface area contributed by atoms with Crippen LogP contribution >= 0.6 is 0 Å². The smallest absolute Gasteiger partial charge is 0.230 e. The van der Waals surface area contributed by atoms with Crippen LogP contribution in [0.5, 0.6) is 0 Å². The van der Waals surface area contributed by atoms with E-state index in [1.165, 1.54) is 11.3 Å². The second kappa shape index (κ2) is 8.47. The average molecular weight is 373 g/mol. The van der Waals surface area contributed by atoms with Gasteiger partial charge in [-0.25, -0.2) is 0 Å². The van der Waals surface area contributed by atoms with Gasteiger partial charge in [-0.15, -0.1) is 0 Å². The summed E-state index contributed by atoms with van der Waals surface area (Å²) in [6.45, 7) is 3.64. The van der Waals surface area contributed by atoms with Gasteiger partial charge >= 0.3 is 0 Å². The van der Waals surface area contributed by atoms with Crippen LogP contribution in [0.25, 0.3) is 0 Å². The number of hydrogen-bond donors (Lipinski definition) is 0. The van der Waals surface area contributed by atoms with Crippen LogP contribution in [0.3, 0.4) is 0 Å². The lowest BCUT2D eigenvalue weighted by molar-refractivity contribution is -0.134. The van der Waals surface area contributed by atoms with Gasteiger partial charge in [-0.1, -0.05) is 67.6 Å². The Hall–Kier alpha value is -2.81. The molecule has 0 radical (unpaired) electrons. The third-order valence-electron chi connectivity index (χ3n) is 5.63. The third kappa shape index (κ3) is 4.19. The summed E-state index contributed by atoms with van der Waals surface area (Å²) in [5.41, 5.74) is 3.60. The van der Waals surface area contributed by atoms with Crippen molar-refractivity contribution < 1.29 is 4.79 Å². The second-order valence-corrected chi connectivity index (χ2v) is 7.68. The van der Waals surface area contributed by atoms with Crippen LogP contribution in [0.15, 0.2) is 79.0 Å². The fourth-order valence-electron chi connectivity index (χ4n) is 3.91. The van der Waals surface area contributed by atoms with Gasteiger partial charge in [-0.3, -0.25) is 4.79 Å². The van der Waals surface area contributed by atoms with E-state index in [1.807, 2.05) is 24.3 Å². The van der Waals surface area contributed by atoms with E-state index >= 15 is 0 Å². The van der Waals surface area contributed by atoms with Crippen molar-refractivity contribution in [1.82, 2.24) is 9.47 Å². The molecule has 3 aromatic rings. The Morgan fingerprint density at radius 3 is 2.32 bits per heavy atom. The molecular formula is C25H28N2O. The molecule has 1 aromatic heterocycles. The monoisotopic (exact) mass is 372 g/mol. The molecule has 1 fully saturated rings. The van der Waals surface area contributed by atoms with Crippen molar-refractivity contribution in [2.45, 2.75) is 51.2 Å². The first-order valence-electron chi connectivity index (χ1n) is 10.3. The number of nitrogens with zero attached hydrogens (tertiary/aromatic N) is 2. The molecule has 1 heterocycles. The van der Waals surface area contributed by atoms with Gasteiger partial charge in [0.25, 0.3) is 0 Å². The standard InChI is InChI=1S/C25H28N2O/c1-2-24(21-12-7-4-8-13-21)25(28)27(22-15-16-22)19-23-14-9-17-26(23)18-20-10-5-3-6-11-20/h3-14,17,22,24H,2,15-16,18-19H2,1H3. The molecule has 2 aromatic carbocycles. The van der Waals surface area contributed by atoms with E-state index in [0.29, 0.717) is 12.6 Å². The third-order valence-corrected chi connectivity index (χ3v) is 5.63. The largest absolute Gasteiger partial charge is 0.345 e. The van der Waals surface area contributed by atoms with Gasteiger partial charge in [-0.2, -0.15) is 0 Å². The zero-order chi connectivity index (χ0) is 19.3. The van der Waals surface area contributed by atoms with Gasteiger partial charge in [0.05, 0.1) is 12.5 Å². The Morgan fingerprint density at radius 2 is 1.68 bits per heavy atom. The molecule has 144 valence electrons. The maximum Gasteiger partial charge on any atom is 0.230 e. The summed E-state index contributed by atoms with van der Waals surface area (Å²) < 4.78 is 2.27. The van der Waals surface area contributed by atoms with E-state index in [-0.39, 0.29) is 11.8 Å². The van der Waals surface area contributed by atoms with E-state index in [9.17, 15) is 4.79 Å². The highest BCUT2D eigenvalue weighted by Crippen LogP contribution is 2.33. The zero-order valence-electron chi connectivity index (χ0n) is 16.5. The lowest BCUT2D eigenvalue weighted by Crippen LogP contribution is -2.37. The molecule has 3 heteroatoms. The Morgan fingerprint density at radius 1 is 1.00 bits per heavy atom. The Balaban J connectivity index is 1.53. The van der Waals surface area contributed by atoms with Gasteiger partial charge in [-0.05, 0) is 42.5 Å². The fourth-order valence-corrected chi connectivity index (χ4v) is 3.91. The van der Waals surface area contributed by atoms with Crippen molar-refractivity contribution in [3.8, 4) is 0 Å². The molecular weight excluding hydrogens is 344 g/mol. The van der Waals surface area contributed by atoms with Crippen molar-refractivity contribution in [2.75, 3.05) is 0 Å². The molecule has 1 aliphatic carbocycles. The minimum atomic E-state index is -0.0562. The SMILES string of the molecule is CCC(C(=O)N(Cc1cccn1Cc1ccccc1)C1CC1)c1ccccc1. The maximum absolute atomic E-state index is 13.5. The Kier molecular flexibility index (Phi) is 5.61. The minimum absolute atomic E-state index is 0.0562. The number of hydrogen-bond acceptors (Lipinski definition) is 1. The second-order valence-electron chi connectivity index (χ2n) is 7.68. The van der Waals surface area contributed by atoms with E-state index in [4.69, 9.17) is 0 Å². The van der Waals surface area contributed by atoms with Crippen LogP contribution in [0, 0.1) is 0 Å². The number of rotatable bonds is 8. The summed E-state index contributed by atoms with van der Waals surface area (Å²) in [7, 11) is 0. The molecule has 0 saturated heterocycles. The zero-order valence-corrected chi connectivity index (χ0v) is 16.5. The molecule has 3 nitrogen and oxygen atoms in total. The molecule has 1 aliphatic rings. The highest BCUT2D eigenvalue weighted by Gasteiger charge is 2.36. The summed E-state index contributed by atoms with van der Waals surface area (Å²) in [4.78, 5) is 15.6. The molecule has 0 aliphatic heterocycles. The number of amides is 1. The Labute approximate surface area is 167 Å². The first-order chi connectivity index (χ1) is 13.8. The highest BCUT2D eigenvalue weighted by molar-refractivity contribution is 5.84. The van der Waals surface area contributed by atoms with Crippen LogP contribution in [-0.2, 0) is 17.9 Å². The van der Waals surface area contributed by atoms with Gasteiger partial charge < -0.3 is 9.47 Å². The summed E-state index contributed by atoms with van der Waals surface area (Å²) in [5.74, 6) is 0.211. The van der Waals surface area contributed by atoms with Crippen molar-refractivity contribution in [3.05, 3.63) is 95.8 Å². The van der Waals surface area contributed by atoms with Crippen molar-refractivity contribution in [1.29, 1.82) is 0 Å². The molecule has 0 spiro atoms. The van der Waals surface area contributed by atoms with Gasteiger partial charge in [0, 0.05) is 24.5 Å². The molecule has 0 N–H and O–H groups in total. The first kappa shape index (κ1) is 18.5. The van der Waals surface area contributed by atoms with Crippen LogP contribution in [0.1, 0.15) is 48.9 Å². The molecule has 1 saturated carbocycles. The summed E-state index contributed by atoms with van der Waals surface area (Å²) in [6, 6.07) is 25.3. The predicted octanol–water partition coefficient (Wildman–Crippen LogP) is 5.22. The van der Waals surface area contributed by atoms with Crippen LogP contribution in [0.4, 0.5) is 0 Å². The van der Waals surface area contributed by atoms with E-state index in [1.54, 1.807) is 0 Å². The number of aromatic nitrogens is 1.